The van der Waals surface area contributed by atoms with E-state index in [-0.39, 0.29) is 11.7 Å². The zero-order valence-electron chi connectivity index (χ0n) is 16.7. The molecular formula is C22H28FN3O2. The van der Waals surface area contributed by atoms with Crippen molar-refractivity contribution in [2.24, 2.45) is 0 Å². The molecule has 1 fully saturated rings. The third-order valence-electron chi connectivity index (χ3n) is 5.05. The molecule has 0 atom stereocenters. The van der Waals surface area contributed by atoms with Crippen LogP contribution in [0.3, 0.4) is 0 Å². The van der Waals surface area contributed by atoms with E-state index in [0.29, 0.717) is 5.75 Å². The number of anilines is 2. The van der Waals surface area contributed by atoms with Crippen molar-refractivity contribution < 1.29 is 13.9 Å². The number of halogens is 1. The van der Waals surface area contributed by atoms with Crippen molar-refractivity contribution in [3.8, 4) is 5.75 Å². The van der Waals surface area contributed by atoms with Gasteiger partial charge in [-0.1, -0.05) is 19.1 Å². The molecule has 3 rings (SSSR count). The minimum atomic E-state index is -1.11. The van der Waals surface area contributed by atoms with Crippen molar-refractivity contribution in [2.45, 2.75) is 26.4 Å². The minimum Gasteiger partial charge on any atom is -0.478 e. The molecule has 0 unspecified atom stereocenters. The molecule has 0 aromatic heterocycles. The van der Waals surface area contributed by atoms with Gasteiger partial charge < -0.3 is 19.9 Å². The molecular weight excluding hydrogens is 357 g/mol. The topological polar surface area (TPSA) is 44.8 Å². The zero-order chi connectivity index (χ0) is 20.1. The first kappa shape index (κ1) is 20.1. The summed E-state index contributed by atoms with van der Waals surface area (Å²) in [5.74, 6) is -0.145. The van der Waals surface area contributed by atoms with Crippen LogP contribution in [0.1, 0.15) is 20.8 Å². The number of carbonyl (C=O) groups is 1. The number of hydrogen-bond acceptors (Lipinski definition) is 4. The summed E-state index contributed by atoms with van der Waals surface area (Å²) in [6, 6.07) is 13.5. The van der Waals surface area contributed by atoms with Gasteiger partial charge in [0.25, 0.3) is 5.91 Å². The van der Waals surface area contributed by atoms with Crippen LogP contribution in [0, 0.1) is 5.82 Å². The third-order valence-corrected chi connectivity index (χ3v) is 5.05. The lowest BCUT2D eigenvalue weighted by molar-refractivity contribution is -0.128. The highest BCUT2D eigenvalue weighted by Crippen LogP contribution is 2.28. The summed E-state index contributed by atoms with van der Waals surface area (Å²) in [7, 11) is 0. The normalized spacial score (nSPS) is 15.4. The maximum atomic E-state index is 13.1. The van der Waals surface area contributed by atoms with Gasteiger partial charge in [0.1, 0.15) is 11.6 Å². The molecule has 1 saturated heterocycles. The number of amides is 1. The molecule has 6 heteroatoms. The van der Waals surface area contributed by atoms with Gasteiger partial charge in [-0.2, -0.15) is 0 Å². The van der Waals surface area contributed by atoms with Crippen molar-refractivity contribution in [2.75, 3.05) is 42.9 Å². The number of likely N-dealkylation sites (N-methyl/N-ethyl adjacent to an activating group) is 1. The van der Waals surface area contributed by atoms with Crippen LogP contribution in [0.5, 0.6) is 5.75 Å². The Morgan fingerprint density at radius 2 is 1.71 bits per heavy atom. The number of nitrogens with zero attached hydrogens (tertiary/aromatic N) is 2. The predicted molar refractivity (Wildman–Crippen MR) is 111 cm³/mol. The van der Waals surface area contributed by atoms with E-state index in [1.54, 1.807) is 13.8 Å². The first-order chi connectivity index (χ1) is 13.4. The van der Waals surface area contributed by atoms with Crippen molar-refractivity contribution in [3.05, 3.63) is 54.3 Å². The van der Waals surface area contributed by atoms with Crippen LogP contribution in [0.2, 0.25) is 0 Å². The van der Waals surface area contributed by atoms with Crippen LogP contribution >= 0.6 is 0 Å². The smallest absolute Gasteiger partial charge is 0.268 e. The third kappa shape index (κ3) is 4.81. The number of piperazine rings is 1. The number of ether oxygens (including phenoxy) is 1. The van der Waals surface area contributed by atoms with E-state index in [9.17, 15) is 9.18 Å². The molecule has 1 amide bonds. The van der Waals surface area contributed by atoms with E-state index >= 15 is 0 Å². The van der Waals surface area contributed by atoms with E-state index < -0.39 is 5.60 Å². The first-order valence-corrected chi connectivity index (χ1v) is 9.71. The molecule has 0 saturated carbocycles. The van der Waals surface area contributed by atoms with Crippen molar-refractivity contribution >= 4 is 17.3 Å². The Labute approximate surface area is 166 Å². The Balaban J connectivity index is 1.70. The van der Waals surface area contributed by atoms with E-state index in [0.717, 1.165) is 44.1 Å². The van der Waals surface area contributed by atoms with Gasteiger partial charge in [0.05, 0.1) is 11.4 Å². The molecule has 1 heterocycles. The summed E-state index contributed by atoms with van der Waals surface area (Å²) >= 11 is 0. The molecule has 2 aromatic rings. The van der Waals surface area contributed by atoms with Gasteiger partial charge in [-0.05, 0) is 56.8 Å². The summed E-state index contributed by atoms with van der Waals surface area (Å²) in [6.07, 6.45) is 0. The second kappa shape index (κ2) is 8.61. The van der Waals surface area contributed by atoms with E-state index in [1.807, 2.05) is 24.3 Å². The Morgan fingerprint density at radius 1 is 1.07 bits per heavy atom. The highest BCUT2D eigenvalue weighted by molar-refractivity contribution is 5.99. The Hall–Kier alpha value is -2.60. The number of para-hydroxylation sites is 2. The molecule has 2 aromatic carbocycles. The van der Waals surface area contributed by atoms with Gasteiger partial charge in [0, 0.05) is 26.2 Å². The number of carbonyl (C=O) groups excluding carboxylic acids is 1. The monoisotopic (exact) mass is 385 g/mol. The van der Waals surface area contributed by atoms with Crippen molar-refractivity contribution in [1.82, 2.24) is 4.90 Å². The van der Waals surface area contributed by atoms with Gasteiger partial charge >= 0.3 is 0 Å². The Kier molecular flexibility index (Phi) is 6.19. The zero-order valence-corrected chi connectivity index (χ0v) is 16.7. The molecule has 0 radical (unpaired) electrons. The van der Waals surface area contributed by atoms with Gasteiger partial charge in [0.2, 0.25) is 0 Å². The molecule has 1 aliphatic rings. The predicted octanol–water partition coefficient (Wildman–Crippen LogP) is 3.76. The fraction of sp³-hybridized carbons (Fsp3) is 0.409. The maximum Gasteiger partial charge on any atom is 0.268 e. The quantitative estimate of drug-likeness (QED) is 0.822. The highest BCUT2D eigenvalue weighted by Gasteiger charge is 2.31. The molecule has 1 aliphatic heterocycles. The fourth-order valence-corrected chi connectivity index (χ4v) is 3.28. The number of rotatable bonds is 6. The summed E-state index contributed by atoms with van der Waals surface area (Å²) in [5, 5.41) is 3.01. The lowest BCUT2D eigenvalue weighted by Gasteiger charge is -2.36. The lowest BCUT2D eigenvalue weighted by Crippen LogP contribution is -2.47. The van der Waals surface area contributed by atoms with Crippen LogP contribution in [0.15, 0.2) is 48.5 Å². The standard InChI is InChI=1S/C22H28FN3O2/c1-4-25-13-15-26(16-14-25)20-8-6-5-7-19(20)24-21(27)22(2,3)28-18-11-9-17(23)10-12-18/h5-12H,4,13-16H2,1-3H3,(H,24,27). The van der Waals surface area contributed by atoms with Crippen LogP contribution in [0.4, 0.5) is 15.8 Å². The van der Waals surface area contributed by atoms with Crippen LogP contribution in [-0.2, 0) is 4.79 Å². The molecule has 1 N–H and O–H groups in total. The van der Waals surface area contributed by atoms with Gasteiger partial charge in [-0.15, -0.1) is 0 Å². The molecule has 150 valence electrons. The minimum absolute atomic E-state index is 0.253. The second-order valence-corrected chi connectivity index (χ2v) is 7.46. The molecule has 5 nitrogen and oxygen atoms in total. The molecule has 0 bridgehead atoms. The van der Waals surface area contributed by atoms with E-state index in [2.05, 4.69) is 22.0 Å². The fourth-order valence-electron chi connectivity index (χ4n) is 3.28. The summed E-state index contributed by atoms with van der Waals surface area (Å²) in [4.78, 5) is 17.6. The van der Waals surface area contributed by atoms with Crippen LogP contribution in [-0.4, -0.2) is 49.1 Å². The highest BCUT2D eigenvalue weighted by atomic mass is 19.1. The van der Waals surface area contributed by atoms with Crippen LogP contribution in [0.25, 0.3) is 0 Å². The number of benzene rings is 2. The van der Waals surface area contributed by atoms with Gasteiger partial charge in [0.15, 0.2) is 5.60 Å². The largest absolute Gasteiger partial charge is 0.478 e. The first-order valence-electron chi connectivity index (χ1n) is 9.71. The SMILES string of the molecule is CCN1CCN(c2ccccc2NC(=O)C(C)(C)Oc2ccc(F)cc2)CC1. The number of hydrogen-bond donors (Lipinski definition) is 1. The second-order valence-electron chi connectivity index (χ2n) is 7.46. The molecule has 28 heavy (non-hydrogen) atoms. The van der Waals surface area contributed by atoms with Crippen molar-refractivity contribution in [1.29, 1.82) is 0 Å². The summed E-state index contributed by atoms with van der Waals surface area (Å²) in [5.41, 5.74) is 0.684. The lowest BCUT2D eigenvalue weighted by atomic mass is 10.1. The molecule has 0 aliphatic carbocycles. The van der Waals surface area contributed by atoms with E-state index in [1.165, 1.54) is 24.3 Å². The Bertz CT molecular complexity index is 800. The maximum absolute atomic E-state index is 13.1. The number of nitrogens with one attached hydrogen (secondary N) is 1. The van der Waals surface area contributed by atoms with E-state index in [4.69, 9.17) is 4.74 Å². The van der Waals surface area contributed by atoms with Gasteiger partial charge in [-0.25, -0.2) is 4.39 Å². The molecule has 0 spiro atoms. The van der Waals surface area contributed by atoms with Crippen molar-refractivity contribution in [3.63, 3.8) is 0 Å². The van der Waals surface area contributed by atoms with Crippen LogP contribution < -0.4 is 15.0 Å². The average molecular weight is 385 g/mol. The summed E-state index contributed by atoms with van der Waals surface area (Å²) < 4.78 is 18.9. The average Bonchev–Trinajstić information content (AvgIpc) is 2.70. The Morgan fingerprint density at radius 3 is 2.36 bits per heavy atom. The van der Waals surface area contributed by atoms with Gasteiger partial charge in [-0.3, -0.25) is 4.79 Å². The summed E-state index contributed by atoms with van der Waals surface area (Å²) in [6.45, 7) is 10.5.